The van der Waals surface area contributed by atoms with Crippen LogP contribution in [0.15, 0.2) is 42.5 Å². The summed E-state index contributed by atoms with van der Waals surface area (Å²) < 4.78 is 10.6. The Kier molecular flexibility index (Phi) is 5.32. The molecule has 0 spiro atoms. The van der Waals surface area contributed by atoms with Gasteiger partial charge in [0.2, 0.25) is 12.7 Å². The van der Waals surface area contributed by atoms with Gasteiger partial charge in [0.05, 0.1) is 0 Å². The highest BCUT2D eigenvalue weighted by atomic mass is 16.7. The summed E-state index contributed by atoms with van der Waals surface area (Å²) in [6.07, 6.45) is 4.23. The number of hydrogen-bond acceptors (Lipinski definition) is 5. The number of fused-ring (bicyclic) bond motifs is 1. The molecule has 4 rings (SSSR count). The number of benzene rings is 2. The largest absolute Gasteiger partial charge is 0.454 e. The van der Waals surface area contributed by atoms with Crippen molar-refractivity contribution in [2.45, 2.75) is 25.7 Å². The topological polar surface area (TPSA) is 62.8 Å². The van der Waals surface area contributed by atoms with Crippen LogP contribution in [0.3, 0.4) is 0 Å². The maximum absolute atomic E-state index is 12.2. The van der Waals surface area contributed by atoms with Crippen LogP contribution >= 0.6 is 0 Å². The van der Waals surface area contributed by atoms with E-state index < -0.39 is 0 Å². The molecule has 2 aliphatic rings. The zero-order chi connectivity index (χ0) is 18.5. The molecule has 0 unspecified atom stereocenters. The number of amides is 1. The van der Waals surface area contributed by atoms with Crippen molar-refractivity contribution in [2.24, 2.45) is 0 Å². The molecule has 0 atom stereocenters. The van der Waals surface area contributed by atoms with Gasteiger partial charge in [-0.15, -0.1) is 0 Å². The average molecular weight is 367 g/mol. The van der Waals surface area contributed by atoms with Crippen molar-refractivity contribution in [1.29, 1.82) is 0 Å². The Labute approximate surface area is 159 Å². The molecule has 2 aliphatic heterocycles. The first kappa shape index (κ1) is 17.5. The predicted molar refractivity (Wildman–Crippen MR) is 107 cm³/mol. The summed E-state index contributed by atoms with van der Waals surface area (Å²) in [6, 6.07) is 13.8. The van der Waals surface area contributed by atoms with Crippen LogP contribution in [0.4, 0.5) is 17.1 Å². The quantitative estimate of drug-likeness (QED) is 0.812. The summed E-state index contributed by atoms with van der Waals surface area (Å²) in [5.74, 6) is 1.48. The van der Waals surface area contributed by atoms with Crippen LogP contribution in [0.1, 0.15) is 25.7 Å². The minimum Gasteiger partial charge on any atom is -0.454 e. The Morgan fingerprint density at radius 1 is 0.926 bits per heavy atom. The van der Waals surface area contributed by atoms with Crippen molar-refractivity contribution < 1.29 is 14.3 Å². The molecule has 0 radical (unpaired) electrons. The van der Waals surface area contributed by atoms with E-state index >= 15 is 0 Å². The van der Waals surface area contributed by atoms with Gasteiger partial charge < -0.3 is 25.0 Å². The standard InChI is InChI=1S/C21H25N3O3/c25-21(10-11-22-17-6-9-19-20(14-17)27-15-26-19)23-16-4-7-18(8-5-16)24-12-2-1-3-13-24/h4-9,14,22H,1-3,10-13,15H2,(H,23,25). The first-order valence-electron chi connectivity index (χ1n) is 9.56. The fraction of sp³-hybridized carbons (Fsp3) is 0.381. The van der Waals surface area contributed by atoms with Gasteiger partial charge in [0.25, 0.3) is 0 Å². The molecule has 1 amide bonds. The molecule has 2 aromatic carbocycles. The van der Waals surface area contributed by atoms with Gasteiger partial charge in [-0.05, 0) is 55.7 Å². The smallest absolute Gasteiger partial charge is 0.231 e. The van der Waals surface area contributed by atoms with E-state index in [-0.39, 0.29) is 12.7 Å². The van der Waals surface area contributed by atoms with E-state index in [2.05, 4.69) is 27.7 Å². The number of anilines is 3. The highest BCUT2D eigenvalue weighted by molar-refractivity contribution is 5.91. The Bertz CT molecular complexity index is 786. The number of nitrogens with zero attached hydrogens (tertiary/aromatic N) is 1. The Hall–Kier alpha value is -2.89. The second-order valence-electron chi connectivity index (χ2n) is 6.89. The van der Waals surface area contributed by atoms with Crippen molar-refractivity contribution in [1.82, 2.24) is 0 Å². The maximum Gasteiger partial charge on any atom is 0.231 e. The number of ether oxygens (including phenoxy) is 2. The second-order valence-corrected chi connectivity index (χ2v) is 6.89. The Morgan fingerprint density at radius 3 is 2.48 bits per heavy atom. The maximum atomic E-state index is 12.2. The lowest BCUT2D eigenvalue weighted by molar-refractivity contribution is -0.115. The van der Waals surface area contributed by atoms with Crippen LogP contribution in [-0.4, -0.2) is 32.3 Å². The van der Waals surface area contributed by atoms with E-state index in [0.717, 1.165) is 36.0 Å². The van der Waals surface area contributed by atoms with E-state index in [1.807, 2.05) is 30.3 Å². The number of piperidine rings is 1. The lowest BCUT2D eigenvalue weighted by Gasteiger charge is -2.28. The van der Waals surface area contributed by atoms with E-state index in [4.69, 9.17) is 9.47 Å². The summed E-state index contributed by atoms with van der Waals surface area (Å²) >= 11 is 0. The summed E-state index contributed by atoms with van der Waals surface area (Å²) in [5, 5.41) is 6.20. The zero-order valence-corrected chi connectivity index (χ0v) is 15.4. The molecule has 0 aliphatic carbocycles. The Morgan fingerprint density at radius 2 is 1.67 bits per heavy atom. The molecule has 2 aromatic rings. The minimum atomic E-state index is -0.00559. The predicted octanol–water partition coefficient (Wildman–Crippen LogP) is 3.85. The summed E-state index contributed by atoms with van der Waals surface area (Å²) in [7, 11) is 0. The average Bonchev–Trinajstić information content (AvgIpc) is 3.17. The summed E-state index contributed by atoms with van der Waals surface area (Å²) in [5.41, 5.74) is 2.99. The van der Waals surface area contributed by atoms with E-state index in [1.165, 1.54) is 24.9 Å². The van der Waals surface area contributed by atoms with Crippen molar-refractivity contribution in [2.75, 3.05) is 42.0 Å². The normalized spacial score (nSPS) is 15.5. The van der Waals surface area contributed by atoms with Gasteiger partial charge >= 0.3 is 0 Å². The second kappa shape index (κ2) is 8.20. The lowest BCUT2D eigenvalue weighted by atomic mass is 10.1. The molecule has 2 heterocycles. The highest BCUT2D eigenvalue weighted by Crippen LogP contribution is 2.34. The van der Waals surface area contributed by atoms with Gasteiger partial charge in [0, 0.05) is 49.2 Å². The molecular formula is C21H25N3O3. The highest BCUT2D eigenvalue weighted by Gasteiger charge is 2.13. The van der Waals surface area contributed by atoms with Crippen LogP contribution in [0.5, 0.6) is 11.5 Å². The van der Waals surface area contributed by atoms with Crippen molar-refractivity contribution in [3.8, 4) is 11.5 Å². The molecule has 27 heavy (non-hydrogen) atoms. The summed E-state index contributed by atoms with van der Waals surface area (Å²) in [6.45, 7) is 3.06. The van der Waals surface area contributed by atoms with Crippen LogP contribution < -0.4 is 25.0 Å². The van der Waals surface area contributed by atoms with Gasteiger partial charge in [-0.2, -0.15) is 0 Å². The van der Waals surface area contributed by atoms with Gasteiger partial charge in [-0.25, -0.2) is 0 Å². The van der Waals surface area contributed by atoms with Crippen molar-refractivity contribution in [3.63, 3.8) is 0 Å². The molecule has 6 heteroatoms. The molecule has 0 saturated carbocycles. The molecule has 6 nitrogen and oxygen atoms in total. The molecule has 0 bridgehead atoms. The molecule has 142 valence electrons. The van der Waals surface area contributed by atoms with E-state index in [1.54, 1.807) is 0 Å². The fourth-order valence-electron chi connectivity index (χ4n) is 3.46. The molecule has 1 fully saturated rings. The van der Waals surface area contributed by atoms with Gasteiger partial charge in [0.15, 0.2) is 11.5 Å². The Balaban J connectivity index is 1.23. The number of rotatable bonds is 6. The van der Waals surface area contributed by atoms with Crippen LogP contribution in [0, 0.1) is 0 Å². The fourth-order valence-corrected chi connectivity index (χ4v) is 3.46. The van der Waals surface area contributed by atoms with Crippen LogP contribution in [-0.2, 0) is 4.79 Å². The van der Waals surface area contributed by atoms with Gasteiger partial charge in [0.1, 0.15) is 0 Å². The molecular weight excluding hydrogens is 342 g/mol. The van der Waals surface area contributed by atoms with E-state index in [9.17, 15) is 4.79 Å². The third kappa shape index (κ3) is 4.45. The SMILES string of the molecule is O=C(CCNc1ccc2c(c1)OCO2)Nc1ccc(N2CCCCC2)cc1. The van der Waals surface area contributed by atoms with Gasteiger partial charge in [-0.1, -0.05) is 0 Å². The van der Waals surface area contributed by atoms with Crippen LogP contribution in [0.25, 0.3) is 0 Å². The number of nitrogens with one attached hydrogen (secondary N) is 2. The number of carbonyl (C=O) groups is 1. The third-order valence-corrected chi connectivity index (χ3v) is 4.93. The third-order valence-electron chi connectivity index (χ3n) is 4.93. The number of hydrogen-bond donors (Lipinski definition) is 2. The lowest BCUT2D eigenvalue weighted by Crippen LogP contribution is -2.29. The molecule has 0 aromatic heterocycles. The zero-order valence-electron chi connectivity index (χ0n) is 15.4. The first-order valence-corrected chi connectivity index (χ1v) is 9.56. The molecule has 1 saturated heterocycles. The van der Waals surface area contributed by atoms with E-state index in [0.29, 0.717) is 13.0 Å². The van der Waals surface area contributed by atoms with Crippen LogP contribution in [0.2, 0.25) is 0 Å². The monoisotopic (exact) mass is 367 g/mol. The summed E-state index contributed by atoms with van der Waals surface area (Å²) in [4.78, 5) is 14.6. The van der Waals surface area contributed by atoms with Crippen molar-refractivity contribution >= 4 is 23.0 Å². The van der Waals surface area contributed by atoms with Gasteiger partial charge in [-0.3, -0.25) is 4.79 Å². The van der Waals surface area contributed by atoms with Crippen molar-refractivity contribution in [3.05, 3.63) is 42.5 Å². The molecule has 2 N–H and O–H groups in total. The first-order chi connectivity index (χ1) is 13.3. The number of carbonyl (C=O) groups excluding carboxylic acids is 1. The minimum absolute atomic E-state index is 0.00559.